The third-order valence-electron chi connectivity index (χ3n) is 3.98. The number of aromatic nitrogens is 4. The van der Waals surface area contributed by atoms with Crippen LogP contribution in [0.15, 0.2) is 36.8 Å². The van der Waals surface area contributed by atoms with Crippen LogP contribution in [0.2, 0.25) is 0 Å². The van der Waals surface area contributed by atoms with Crippen LogP contribution in [0.25, 0.3) is 11.3 Å². The number of ketones is 1. The normalized spacial score (nSPS) is 10.7. The molecule has 0 bridgehead atoms. The second kappa shape index (κ2) is 6.72. The Labute approximate surface area is 145 Å². The number of carbonyl (C=O) groups is 2. The average molecular weight is 337 g/mol. The highest BCUT2D eigenvalue weighted by atomic mass is 16.2. The Morgan fingerprint density at radius 1 is 1.28 bits per heavy atom. The molecule has 0 saturated heterocycles. The number of aryl methyl sites for hydroxylation is 1. The number of Topliss-reactive ketones (excluding diaryl/α,β-unsaturated/α-hetero) is 1. The summed E-state index contributed by atoms with van der Waals surface area (Å²) >= 11 is 0. The van der Waals surface area contributed by atoms with Gasteiger partial charge in [-0.05, 0) is 32.9 Å². The summed E-state index contributed by atoms with van der Waals surface area (Å²) in [6.45, 7) is 5.12. The summed E-state index contributed by atoms with van der Waals surface area (Å²) in [6.07, 6.45) is 3.33. The molecule has 1 amide bonds. The highest BCUT2D eigenvalue weighted by molar-refractivity contribution is 5.96. The minimum Gasteiger partial charge on any atom is -0.345 e. The maximum atomic E-state index is 12.3. The van der Waals surface area contributed by atoms with Crippen LogP contribution in [0.4, 0.5) is 5.69 Å². The molecule has 25 heavy (non-hydrogen) atoms. The summed E-state index contributed by atoms with van der Waals surface area (Å²) in [4.78, 5) is 31.0. The van der Waals surface area contributed by atoms with E-state index in [1.807, 2.05) is 24.3 Å². The molecule has 2 N–H and O–H groups in total. The van der Waals surface area contributed by atoms with Crippen molar-refractivity contribution in [2.75, 3.05) is 5.32 Å². The Morgan fingerprint density at radius 2 is 2.08 bits per heavy atom. The lowest BCUT2D eigenvalue weighted by Gasteiger charge is -2.08. The lowest BCUT2D eigenvalue weighted by molar-refractivity contribution is -0.116. The zero-order valence-electron chi connectivity index (χ0n) is 14.3. The molecule has 2 aromatic heterocycles. The summed E-state index contributed by atoms with van der Waals surface area (Å²) in [7, 11) is 0. The molecule has 1 aromatic carbocycles. The van der Waals surface area contributed by atoms with Gasteiger partial charge in [-0.1, -0.05) is 12.1 Å². The van der Waals surface area contributed by atoms with Crippen LogP contribution in [0.5, 0.6) is 0 Å². The second-order valence-corrected chi connectivity index (χ2v) is 5.85. The predicted molar refractivity (Wildman–Crippen MR) is 94.4 cm³/mol. The van der Waals surface area contributed by atoms with E-state index in [0.717, 1.165) is 11.3 Å². The van der Waals surface area contributed by atoms with E-state index in [0.29, 0.717) is 22.6 Å². The third-order valence-corrected chi connectivity index (χ3v) is 3.98. The van der Waals surface area contributed by atoms with Crippen molar-refractivity contribution < 1.29 is 9.59 Å². The van der Waals surface area contributed by atoms with Crippen molar-refractivity contribution in [3.05, 3.63) is 53.7 Å². The van der Waals surface area contributed by atoms with Crippen molar-refractivity contribution >= 4 is 17.4 Å². The number of carbonyl (C=O) groups excluding carboxylic acids is 2. The minimum absolute atomic E-state index is 0.0473. The van der Waals surface area contributed by atoms with E-state index in [2.05, 4.69) is 20.4 Å². The number of benzene rings is 1. The molecular weight excluding hydrogens is 318 g/mol. The molecule has 2 heterocycles. The van der Waals surface area contributed by atoms with Gasteiger partial charge in [0.25, 0.3) is 0 Å². The van der Waals surface area contributed by atoms with Crippen molar-refractivity contribution in [2.45, 2.75) is 27.3 Å². The second-order valence-electron chi connectivity index (χ2n) is 5.85. The van der Waals surface area contributed by atoms with E-state index in [1.165, 1.54) is 6.92 Å². The Hall–Kier alpha value is -3.22. The van der Waals surface area contributed by atoms with Crippen molar-refractivity contribution in [3.63, 3.8) is 0 Å². The molecule has 128 valence electrons. The molecule has 0 aliphatic heterocycles. The Bertz CT molecular complexity index is 925. The van der Waals surface area contributed by atoms with Crippen LogP contribution in [0.3, 0.4) is 0 Å². The van der Waals surface area contributed by atoms with E-state index in [1.54, 1.807) is 31.1 Å². The van der Waals surface area contributed by atoms with E-state index >= 15 is 0 Å². The highest BCUT2D eigenvalue weighted by Crippen LogP contribution is 2.20. The highest BCUT2D eigenvalue weighted by Gasteiger charge is 2.17. The van der Waals surface area contributed by atoms with Crippen LogP contribution in [-0.4, -0.2) is 31.4 Å². The molecule has 0 fully saturated rings. The number of anilines is 1. The topological polar surface area (TPSA) is 92.7 Å². The summed E-state index contributed by atoms with van der Waals surface area (Å²) in [5.41, 5.74) is 4.41. The molecule has 0 atom stereocenters. The van der Waals surface area contributed by atoms with Crippen molar-refractivity contribution in [1.82, 2.24) is 19.7 Å². The molecule has 0 aliphatic rings. The summed E-state index contributed by atoms with van der Waals surface area (Å²) in [6, 6.07) is 7.49. The molecule has 0 aliphatic carbocycles. The van der Waals surface area contributed by atoms with E-state index in [-0.39, 0.29) is 18.2 Å². The van der Waals surface area contributed by atoms with Gasteiger partial charge in [-0.2, -0.15) is 5.10 Å². The molecule has 3 rings (SSSR count). The maximum absolute atomic E-state index is 12.3. The van der Waals surface area contributed by atoms with Gasteiger partial charge < -0.3 is 10.3 Å². The van der Waals surface area contributed by atoms with Gasteiger partial charge >= 0.3 is 0 Å². The van der Waals surface area contributed by atoms with Gasteiger partial charge in [0.2, 0.25) is 5.91 Å². The fraction of sp³-hybridized carbons (Fsp3) is 0.222. The van der Waals surface area contributed by atoms with E-state index < -0.39 is 0 Å². The number of nitrogens with zero attached hydrogens (tertiary/aromatic N) is 3. The largest absolute Gasteiger partial charge is 0.345 e. The number of nitrogens with one attached hydrogen (secondary N) is 2. The first-order valence-corrected chi connectivity index (χ1v) is 7.89. The van der Waals surface area contributed by atoms with Gasteiger partial charge in [-0.25, -0.2) is 4.98 Å². The summed E-state index contributed by atoms with van der Waals surface area (Å²) < 4.78 is 1.56. The van der Waals surface area contributed by atoms with Crippen LogP contribution in [0, 0.1) is 13.8 Å². The van der Waals surface area contributed by atoms with Crippen LogP contribution in [0.1, 0.15) is 28.7 Å². The van der Waals surface area contributed by atoms with Gasteiger partial charge in [0.1, 0.15) is 6.54 Å². The molecule has 7 heteroatoms. The van der Waals surface area contributed by atoms with Crippen LogP contribution in [-0.2, 0) is 11.3 Å². The Kier molecular flexibility index (Phi) is 4.47. The quantitative estimate of drug-likeness (QED) is 0.700. The molecule has 0 saturated carbocycles. The van der Waals surface area contributed by atoms with Crippen LogP contribution < -0.4 is 5.32 Å². The number of imidazole rings is 1. The Morgan fingerprint density at radius 3 is 2.72 bits per heavy atom. The van der Waals surface area contributed by atoms with Crippen molar-refractivity contribution in [1.29, 1.82) is 0 Å². The number of hydrogen-bond donors (Lipinski definition) is 2. The van der Waals surface area contributed by atoms with Crippen LogP contribution >= 0.6 is 0 Å². The first kappa shape index (κ1) is 16.6. The molecular formula is C18H19N5O2. The molecule has 0 spiro atoms. The maximum Gasteiger partial charge on any atom is 0.246 e. The molecule has 3 aromatic rings. The van der Waals surface area contributed by atoms with Gasteiger partial charge in [0, 0.05) is 16.9 Å². The van der Waals surface area contributed by atoms with Gasteiger partial charge in [-0.15, -0.1) is 0 Å². The lowest BCUT2D eigenvalue weighted by Crippen LogP contribution is -2.20. The van der Waals surface area contributed by atoms with Gasteiger partial charge in [0.05, 0.1) is 29.5 Å². The smallest absolute Gasteiger partial charge is 0.246 e. The fourth-order valence-electron chi connectivity index (χ4n) is 2.88. The number of rotatable bonds is 5. The minimum atomic E-state index is -0.206. The summed E-state index contributed by atoms with van der Waals surface area (Å²) in [5, 5.41) is 7.15. The standard InChI is InChI=1S/C18H19N5O2/c1-11-18(13(3)24)12(2)23(22-11)9-17(25)21-15-6-4-5-14(7-15)16-8-19-10-20-16/h4-8,10H,9H2,1-3H3,(H,19,20)(H,21,25). The fourth-order valence-corrected chi connectivity index (χ4v) is 2.88. The van der Waals surface area contributed by atoms with Crippen molar-refractivity contribution in [3.8, 4) is 11.3 Å². The summed E-state index contributed by atoms with van der Waals surface area (Å²) in [5.74, 6) is -0.253. The predicted octanol–water partition coefficient (Wildman–Crippen LogP) is 2.73. The zero-order valence-corrected chi connectivity index (χ0v) is 14.3. The molecule has 0 radical (unpaired) electrons. The lowest BCUT2D eigenvalue weighted by atomic mass is 10.1. The number of aromatic amines is 1. The number of amides is 1. The number of H-pyrrole nitrogens is 1. The number of hydrogen-bond acceptors (Lipinski definition) is 4. The van der Waals surface area contributed by atoms with E-state index in [9.17, 15) is 9.59 Å². The zero-order chi connectivity index (χ0) is 18.0. The van der Waals surface area contributed by atoms with E-state index in [4.69, 9.17) is 0 Å². The first-order valence-electron chi connectivity index (χ1n) is 7.89. The Balaban J connectivity index is 1.75. The monoisotopic (exact) mass is 337 g/mol. The average Bonchev–Trinajstić information content (AvgIpc) is 3.16. The first-order chi connectivity index (χ1) is 12.0. The van der Waals surface area contributed by atoms with Gasteiger partial charge in [0.15, 0.2) is 5.78 Å². The SMILES string of the molecule is CC(=O)c1c(C)nn(CC(=O)Nc2cccc(-c3cnc[nH]3)c2)c1C. The third kappa shape index (κ3) is 3.50. The van der Waals surface area contributed by atoms with Crippen molar-refractivity contribution in [2.24, 2.45) is 0 Å². The molecule has 7 nitrogen and oxygen atoms in total. The molecule has 0 unspecified atom stereocenters. The van der Waals surface area contributed by atoms with Gasteiger partial charge in [-0.3, -0.25) is 14.3 Å².